The van der Waals surface area contributed by atoms with Crippen LogP contribution >= 0.6 is 0 Å². The first-order valence-electron chi connectivity index (χ1n) is 7.01. The molecule has 0 saturated heterocycles. The standard InChI is InChI=1S/C16H16O6/c1-7-4-11(14-10(17)5-8(2)20-16(14)19)22-12-6-9(3)21-15(18)13(7)12/h5-7,11,17H,4H2,1-3H3/t7-,11-/m0/s1. The van der Waals surface area contributed by atoms with Crippen molar-refractivity contribution in [2.45, 2.75) is 39.2 Å². The van der Waals surface area contributed by atoms with Crippen molar-refractivity contribution >= 4 is 0 Å². The summed E-state index contributed by atoms with van der Waals surface area (Å²) in [7, 11) is 0. The minimum atomic E-state index is -0.666. The lowest BCUT2D eigenvalue weighted by atomic mass is 9.90. The third-order valence-electron chi connectivity index (χ3n) is 3.81. The van der Waals surface area contributed by atoms with Gasteiger partial charge in [-0.15, -0.1) is 0 Å². The zero-order valence-electron chi connectivity index (χ0n) is 12.5. The summed E-state index contributed by atoms with van der Waals surface area (Å²) < 4.78 is 15.9. The second-order valence-electron chi connectivity index (χ2n) is 5.61. The van der Waals surface area contributed by atoms with Gasteiger partial charge in [0.05, 0.1) is 5.56 Å². The number of rotatable bonds is 1. The van der Waals surface area contributed by atoms with Gasteiger partial charge in [-0.1, -0.05) is 6.92 Å². The first kappa shape index (κ1) is 14.4. The lowest BCUT2D eigenvalue weighted by Gasteiger charge is -2.29. The summed E-state index contributed by atoms with van der Waals surface area (Å²) in [5.41, 5.74) is -0.522. The molecule has 22 heavy (non-hydrogen) atoms. The lowest BCUT2D eigenvalue weighted by molar-refractivity contribution is 0.151. The Kier molecular flexibility index (Phi) is 3.31. The predicted octanol–water partition coefficient (Wildman–Crippen LogP) is 2.54. The van der Waals surface area contributed by atoms with Gasteiger partial charge in [-0.05, 0) is 26.2 Å². The summed E-state index contributed by atoms with van der Waals surface area (Å²) in [6, 6.07) is 3.00. The monoisotopic (exact) mass is 304 g/mol. The highest BCUT2D eigenvalue weighted by atomic mass is 16.5. The normalized spacial score (nSPS) is 20.3. The van der Waals surface area contributed by atoms with Gasteiger partial charge in [-0.25, -0.2) is 9.59 Å². The second kappa shape index (κ2) is 5.05. The van der Waals surface area contributed by atoms with E-state index in [4.69, 9.17) is 13.6 Å². The van der Waals surface area contributed by atoms with Gasteiger partial charge >= 0.3 is 11.3 Å². The van der Waals surface area contributed by atoms with Gasteiger partial charge in [-0.3, -0.25) is 0 Å². The molecule has 1 aliphatic rings. The molecule has 0 amide bonds. The Morgan fingerprint density at radius 3 is 2.27 bits per heavy atom. The van der Waals surface area contributed by atoms with Crippen LogP contribution in [0.15, 0.2) is 30.6 Å². The van der Waals surface area contributed by atoms with E-state index >= 15 is 0 Å². The van der Waals surface area contributed by atoms with Crippen LogP contribution in [-0.2, 0) is 0 Å². The topological polar surface area (TPSA) is 89.9 Å². The molecule has 0 fully saturated rings. The van der Waals surface area contributed by atoms with Crippen molar-refractivity contribution in [3.05, 3.63) is 55.6 Å². The molecule has 0 radical (unpaired) electrons. The Labute approximate surface area is 126 Å². The number of aromatic hydroxyl groups is 1. The van der Waals surface area contributed by atoms with Crippen LogP contribution in [0.3, 0.4) is 0 Å². The van der Waals surface area contributed by atoms with E-state index in [9.17, 15) is 14.7 Å². The van der Waals surface area contributed by atoms with Crippen molar-refractivity contribution in [2.75, 3.05) is 0 Å². The van der Waals surface area contributed by atoms with Gasteiger partial charge in [0, 0.05) is 12.1 Å². The van der Waals surface area contributed by atoms with Crippen molar-refractivity contribution in [2.24, 2.45) is 0 Å². The van der Waals surface area contributed by atoms with Crippen molar-refractivity contribution in [3.63, 3.8) is 0 Å². The summed E-state index contributed by atoms with van der Waals surface area (Å²) in [5, 5.41) is 10.0. The lowest BCUT2D eigenvalue weighted by Crippen LogP contribution is -2.27. The molecule has 2 atom stereocenters. The number of hydrogen-bond acceptors (Lipinski definition) is 6. The number of ether oxygens (including phenoxy) is 1. The summed E-state index contributed by atoms with van der Waals surface area (Å²) in [6.07, 6.45) is -0.289. The van der Waals surface area contributed by atoms with Gasteiger partial charge < -0.3 is 18.7 Å². The Hall–Kier alpha value is -2.50. The van der Waals surface area contributed by atoms with E-state index in [-0.39, 0.29) is 17.2 Å². The molecule has 6 nitrogen and oxygen atoms in total. The minimum absolute atomic E-state index is 0.0778. The smallest absolute Gasteiger partial charge is 0.346 e. The van der Waals surface area contributed by atoms with Crippen molar-refractivity contribution < 1.29 is 18.7 Å². The molecular weight excluding hydrogens is 288 g/mol. The van der Waals surface area contributed by atoms with Crippen LogP contribution in [0, 0.1) is 13.8 Å². The van der Waals surface area contributed by atoms with E-state index < -0.39 is 17.4 Å². The highest BCUT2D eigenvalue weighted by Crippen LogP contribution is 2.41. The zero-order chi connectivity index (χ0) is 16.0. The molecule has 3 heterocycles. The second-order valence-corrected chi connectivity index (χ2v) is 5.61. The van der Waals surface area contributed by atoms with Crippen LogP contribution in [0.4, 0.5) is 0 Å². The van der Waals surface area contributed by atoms with Crippen LogP contribution in [0.25, 0.3) is 0 Å². The average Bonchev–Trinajstić information content (AvgIpc) is 2.35. The van der Waals surface area contributed by atoms with Gasteiger partial charge in [0.25, 0.3) is 0 Å². The van der Waals surface area contributed by atoms with Crippen molar-refractivity contribution in [1.29, 1.82) is 0 Å². The minimum Gasteiger partial charge on any atom is -0.507 e. The Morgan fingerprint density at radius 2 is 1.64 bits per heavy atom. The van der Waals surface area contributed by atoms with Crippen molar-refractivity contribution in [3.8, 4) is 11.5 Å². The predicted molar refractivity (Wildman–Crippen MR) is 77.5 cm³/mol. The van der Waals surface area contributed by atoms with E-state index in [2.05, 4.69) is 0 Å². The fourth-order valence-electron chi connectivity index (χ4n) is 2.85. The molecule has 0 unspecified atom stereocenters. The number of hydrogen-bond donors (Lipinski definition) is 1. The SMILES string of the molecule is Cc1cc(O)c([C@@H]2C[C@H](C)c3c(cc(C)oc3=O)O2)c(=O)o1. The summed E-state index contributed by atoms with van der Waals surface area (Å²) in [4.78, 5) is 24.0. The Bertz CT molecular complexity index is 845. The van der Waals surface area contributed by atoms with Crippen LogP contribution in [-0.4, -0.2) is 5.11 Å². The molecule has 2 aromatic heterocycles. The third-order valence-corrected chi connectivity index (χ3v) is 3.81. The molecule has 0 aromatic carbocycles. The first-order chi connectivity index (χ1) is 10.4. The number of aryl methyl sites for hydroxylation is 2. The van der Waals surface area contributed by atoms with Crippen LogP contribution in [0.5, 0.6) is 11.5 Å². The molecule has 0 aliphatic carbocycles. The molecule has 1 N–H and O–H groups in total. The first-order valence-corrected chi connectivity index (χ1v) is 7.01. The van der Waals surface area contributed by atoms with Gasteiger partial charge in [0.1, 0.15) is 34.7 Å². The molecule has 116 valence electrons. The summed E-state index contributed by atoms with van der Waals surface area (Å²) in [5.74, 6) is 0.820. The Balaban J connectivity index is 2.10. The highest BCUT2D eigenvalue weighted by Gasteiger charge is 2.33. The van der Waals surface area contributed by atoms with E-state index in [1.54, 1.807) is 19.9 Å². The number of fused-ring (bicyclic) bond motifs is 1. The molecule has 0 saturated carbocycles. The zero-order valence-corrected chi connectivity index (χ0v) is 12.5. The van der Waals surface area contributed by atoms with Crippen molar-refractivity contribution in [1.82, 2.24) is 0 Å². The maximum absolute atomic E-state index is 12.0. The average molecular weight is 304 g/mol. The maximum atomic E-state index is 12.0. The van der Waals surface area contributed by atoms with Gasteiger partial charge in [0.15, 0.2) is 0 Å². The van der Waals surface area contributed by atoms with Gasteiger partial charge in [-0.2, -0.15) is 0 Å². The van der Waals surface area contributed by atoms with Crippen LogP contribution in [0.2, 0.25) is 0 Å². The third kappa shape index (κ3) is 2.30. The quantitative estimate of drug-likeness (QED) is 0.870. The molecule has 3 rings (SSSR count). The van der Waals surface area contributed by atoms with Crippen LogP contribution < -0.4 is 16.0 Å². The fourth-order valence-corrected chi connectivity index (χ4v) is 2.85. The Morgan fingerprint density at radius 1 is 1.05 bits per heavy atom. The summed E-state index contributed by atoms with van der Waals surface area (Å²) >= 11 is 0. The molecule has 0 spiro atoms. The van der Waals surface area contributed by atoms with E-state index in [0.29, 0.717) is 29.3 Å². The molecule has 2 aromatic rings. The van der Waals surface area contributed by atoms with E-state index in [0.717, 1.165) is 0 Å². The van der Waals surface area contributed by atoms with E-state index in [1.165, 1.54) is 6.07 Å². The molecular formula is C16H16O6. The summed E-state index contributed by atoms with van der Waals surface area (Å²) in [6.45, 7) is 5.09. The maximum Gasteiger partial charge on any atom is 0.346 e. The van der Waals surface area contributed by atoms with E-state index in [1.807, 2.05) is 6.92 Å². The van der Waals surface area contributed by atoms with Gasteiger partial charge in [0.2, 0.25) is 0 Å². The molecule has 0 bridgehead atoms. The van der Waals surface area contributed by atoms with Crippen LogP contribution in [0.1, 0.15) is 48.0 Å². The fraction of sp³-hybridized carbons (Fsp3) is 0.375. The molecule has 1 aliphatic heterocycles. The largest absolute Gasteiger partial charge is 0.507 e. The highest BCUT2D eigenvalue weighted by molar-refractivity contribution is 5.40. The molecule has 6 heteroatoms.